The number of carbonyl (C=O) groups excluding carboxylic acids is 1. The smallest absolute Gasteiger partial charge is 0.255 e. The van der Waals surface area contributed by atoms with E-state index < -0.39 is 6.10 Å². The summed E-state index contributed by atoms with van der Waals surface area (Å²) in [5, 5.41) is 16.3. The van der Waals surface area contributed by atoms with Crippen LogP contribution in [0.1, 0.15) is 22.0 Å². The zero-order chi connectivity index (χ0) is 14.5. The van der Waals surface area contributed by atoms with Gasteiger partial charge in [0.25, 0.3) is 5.91 Å². The number of hydrogen-bond donors (Lipinski definition) is 3. The zero-order valence-electron chi connectivity index (χ0n) is 11.0. The van der Waals surface area contributed by atoms with E-state index in [0.717, 1.165) is 5.56 Å². The van der Waals surface area contributed by atoms with Gasteiger partial charge in [0.05, 0.1) is 18.8 Å². The number of carbonyl (C=O) groups is 1. The van der Waals surface area contributed by atoms with Crippen LogP contribution in [0.4, 0.5) is 5.69 Å². The van der Waals surface area contributed by atoms with Gasteiger partial charge in [-0.05, 0) is 34.5 Å². The van der Waals surface area contributed by atoms with Crippen LogP contribution in [-0.2, 0) is 0 Å². The summed E-state index contributed by atoms with van der Waals surface area (Å²) in [6.45, 7) is 0.142. The minimum atomic E-state index is -0.718. The molecular weight excluding hydrogens is 276 g/mol. The Balaban J connectivity index is 2.02. The zero-order valence-corrected chi connectivity index (χ0v) is 11.8. The largest absolute Gasteiger partial charge is 0.496 e. The van der Waals surface area contributed by atoms with Crippen LogP contribution < -0.4 is 15.8 Å². The molecule has 1 amide bonds. The molecule has 0 saturated carbocycles. The number of aliphatic hydroxyl groups is 1. The molecule has 1 atom stereocenters. The van der Waals surface area contributed by atoms with Crippen molar-refractivity contribution < 1.29 is 14.6 Å². The van der Waals surface area contributed by atoms with E-state index in [1.807, 2.05) is 16.8 Å². The maximum Gasteiger partial charge on any atom is 0.255 e. The highest BCUT2D eigenvalue weighted by Crippen LogP contribution is 2.21. The summed E-state index contributed by atoms with van der Waals surface area (Å²) in [5.74, 6) is 0.101. The number of anilines is 1. The molecule has 0 aliphatic rings. The summed E-state index contributed by atoms with van der Waals surface area (Å²) in [4.78, 5) is 12.1. The topological polar surface area (TPSA) is 84.6 Å². The van der Waals surface area contributed by atoms with Crippen LogP contribution in [0.15, 0.2) is 35.0 Å². The Labute approximate surface area is 121 Å². The van der Waals surface area contributed by atoms with Gasteiger partial charge in [0, 0.05) is 18.3 Å². The van der Waals surface area contributed by atoms with Crippen molar-refractivity contribution >= 4 is 22.9 Å². The van der Waals surface area contributed by atoms with Crippen LogP contribution in [0, 0.1) is 0 Å². The number of nitrogens with one attached hydrogen (secondary N) is 1. The fourth-order valence-electron chi connectivity index (χ4n) is 1.76. The number of rotatable bonds is 5. The third-order valence-electron chi connectivity index (χ3n) is 2.85. The predicted molar refractivity (Wildman–Crippen MR) is 79.0 cm³/mol. The minimum absolute atomic E-state index is 0.142. The number of aliphatic hydroxyl groups excluding tert-OH is 1. The molecule has 2 aromatic rings. The Bertz CT molecular complexity index is 584. The molecule has 1 aromatic heterocycles. The van der Waals surface area contributed by atoms with Gasteiger partial charge in [-0.2, -0.15) is 11.3 Å². The Morgan fingerprint density at radius 3 is 2.95 bits per heavy atom. The lowest BCUT2D eigenvalue weighted by Gasteiger charge is -2.12. The molecule has 1 heterocycles. The molecule has 2 rings (SSSR count). The first-order chi connectivity index (χ1) is 9.61. The molecular formula is C14H16N2O3S. The minimum Gasteiger partial charge on any atom is -0.496 e. The van der Waals surface area contributed by atoms with Crippen LogP contribution >= 0.6 is 11.3 Å². The quantitative estimate of drug-likeness (QED) is 0.734. The number of methoxy groups -OCH3 is 1. The lowest BCUT2D eigenvalue weighted by molar-refractivity contribution is 0.0913. The number of nitrogen functional groups attached to an aromatic ring is 1. The fraction of sp³-hybridized carbons (Fsp3) is 0.214. The second kappa shape index (κ2) is 6.40. The van der Waals surface area contributed by atoms with E-state index in [0.29, 0.717) is 17.0 Å². The number of benzene rings is 1. The third kappa shape index (κ3) is 3.28. The average molecular weight is 292 g/mol. The number of amides is 1. The van der Waals surface area contributed by atoms with E-state index in [1.54, 1.807) is 18.2 Å². The van der Waals surface area contributed by atoms with Crippen molar-refractivity contribution in [3.8, 4) is 5.75 Å². The van der Waals surface area contributed by atoms with Crippen molar-refractivity contribution in [1.82, 2.24) is 5.32 Å². The van der Waals surface area contributed by atoms with E-state index in [9.17, 15) is 9.90 Å². The maximum atomic E-state index is 12.1. The summed E-state index contributed by atoms with van der Waals surface area (Å²) < 4.78 is 5.12. The molecule has 0 spiro atoms. The molecule has 0 fully saturated rings. The summed E-state index contributed by atoms with van der Waals surface area (Å²) >= 11 is 1.50. The number of ether oxygens (including phenoxy) is 1. The van der Waals surface area contributed by atoms with Gasteiger partial charge >= 0.3 is 0 Å². The van der Waals surface area contributed by atoms with Crippen molar-refractivity contribution in [3.05, 3.63) is 46.2 Å². The number of hydrogen-bond acceptors (Lipinski definition) is 5. The molecule has 0 radical (unpaired) electrons. The molecule has 0 aliphatic carbocycles. The van der Waals surface area contributed by atoms with Crippen LogP contribution in [0.5, 0.6) is 5.75 Å². The number of thiophene rings is 1. The summed E-state index contributed by atoms with van der Waals surface area (Å²) in [6, 6.07) is 6.64. The van der Waals surface area contributed by atoms with Gasteiger partial charge in [0.15, 0.2) is 0 Å². The van der Waals surface area contributed by atoms with Crippen molar-refractivity contribution in [2.24, 2.45) is 0 Å². The van der Waals surface area contributed by atoms with E-state index in [4.69, 9.17) is 10.5 Å². The Morgan fingerprint density at radius 1 is 1.50 bits per heavy atom. The van der Waals surface area contributed by atoms with Gasteiger partial charge in [-0.15, -0.1) is 0 Å². The third-order valence-corrected chi connectivity index (χ3v) is 3.56. The standard InChI is InChI=1S/C14H16N2O3S/c1-19-13-6-10(15)2-3-11(13)14(18)16-7-12(17)9-4-5-20-8-9/h2-6,8,12,17H,7,15H2,1H3,(H,16,18). The highest BCUT2D eigenvalue weighted by molar-refractivity contribution is 7.07. The molecule has 0 aliphatic heterocycles. The van der Waals surface area contributed by atoms with Crippen LogP contribution in [-0.4, -0.2) is 24.7 Å². The summed E-state index contributed by atoms with van der Waals surface area (Å²) in [6.07, 6.45) is -0.718. The van der Waals surface area contributed by atoms with Crippen LogP contribution in [0.2, 0.25) is 0 Å². The average Bonchev–Trinajstić information content (AvgIpc) is 2.98. The van der Waals surface area contributed by atoms with Gasteiger partial charge in [0.2, 0.25) is 0 Å². The van der Waals surface area contributed by atoms with E-state index in [1.165, 1.54) is 18.4 Å². The van der Waals surface area contributed by atoms with Crippen LogP contribution in [0.3, 0.4) is 0 Å². The summed E-state index contributed by atoms with van der Waals surface area (Å²) in [5.41, 5.74) is 7.34. The highest BCUT2D eigenvalue weighted by Gasteiger charge is 2.14. The monoisotopic (exact) mass is 292 g/mol. The fourth-order valence-corrected chi connectivity index (χ4v) is 2.47. The number of nitrogens with two attached hydrogens (primary N) is 1. The lowest BCUT2D eigenvalue weighted by Crippen LogP contribution is -2.28. The van der Waals surface area contributed by atoms with Gasteiger partial charge in [-0.1, -0.05) is 0 Å². The first-order valence-electron chi connectivity index (χ1n) is 6.03. The summed E-state index contributed by atoms with van der Waals surface area (Å²) in [7, 11) is 1.48. The second-order valence-electron chi connectivity index (χ2n) is 4.24. The van der Waals surface area contributed by atoms with Gasteiger partial charge < -0.3 is 20.9 Å². The highest BCUT2D eigenvalue weighted by atomic mass is 32.1. The molecule has 5 nitrogen and oxygen atoms in total. The molecule has 1 unspecified atom stereocenters. The molecule has 0 bridgehead atoms. The lowest BCUT2D eigenvalue weighted by atomic mass is 10.1. The van der Waals surface area contributed by atoms with Crippen molar-refractivity contribution in [3.63, 3.8) is 0 Å². The van der Waals surface area contributed by atoms with Gasteiger partial charge in [0.1, 0.15) is 5.75 Å². The van der Waals surface area contributed by atoms with Crippen molar-refractivity contribution in [2.75, 3.05) is 19.4 Å². The van der Waals surface area contributed by atoms with Crippen molar-refractivity contribution in [2.45, 2.75) is 6.10 Å². The Kier molecular flexibility index (Phi) is 4.60. The van der Waals surface area contributed by atoms with Gasteiger partial charge in [-0.25, -0.2) is 0 Å². The molecule has 6 heteroatoms. The molecule has 4 N–H and O–H groups in total. The predicted octanol–water partition coefficient (Wildman–Crippen LogP) is 1.80. The first-order valence-corrected chi connectivity index (χ1v) is 6.98. The Morgan fingerprint density at radius 2 is 2.30 bits per heavy atom. The SMILES string of the molecule is COc1cc(N)ccc1C(=O)NCC(O)c1ccsc1. The van der Waals surface area contributed by atoms with Gasteiger partial charge in [-0.3, -0.25) is 4.79 Å². The first kappa shape index (κ1) is 14.4. The Hall–Kier alpha value is -2.05. The second-order valence-corrected chi connectivity index (χ2v) is 5.02. The normalized spacial score (nSPS) is 11.9. The molecule has 1 aromatic carbocycles. The molecule has 106 valence electrons. The molecule has 0 saturated heterocycles. The maximum absolute atomic E-state index is 12.1. The van der Waals surface area contributed by atoms with Crippen LogP contribution in [0.25, 0.3) is 0 Å². The van der Waals surface area contributed by atoms with Crippen molar-refractivity contribution in [1.29, 1.82) is 0 Å². The molecule has 20 heavy (non-hydrogen) atoms. The van der Waals surface area contributed by atoms with E-state index in [-0.39, 0.29) is 12.5 Å². The van der Waals surface area contributed by atoms with E-state index in [2.05, 4.69) is 5.32 Å². The van der Waals surface area contributed by atoms with E-state index >= 15 is 0 Å².